The van der Waals surface area contributed by atoms with Gasteiger partial charge in [-0.1, -0.05) is 18.2 Å². The first kappa shape index (κ1) is 9.60. The van der Waals surface area contributed by atoms with Crippen molar-refractivity contribution >= 4 is 22.4 Å². The molecule has 2 aromatic heterocycles. The second-order valence-corrected chi connectivity index (χ2v) is 4.85. The Bertz CT molecular complexity index is 608. The highest BCUT2D eigenvalue weighted by atomic mass is 32.1. The maximum Gasteiger partial charge on any atom is 0.107 e. The minimum absolute atomic E-state index is 0.921. The molecule has 2 nitrogen and oxygen atoms in total. The largest absolute Gasteiger partial charge is 0.323 e. The molecule has 0 N–H and O–H groups in total. The van der Waals surface area contributed by atoms with Gasteiger partial charge >= 0.3 is 0 Å². The molecule has 0 amide bonds. The van der Waals surface area contributed by atoms with Crippen molar-refractivity contribution in [3.05, 3.63) is 52.5 Å². The summed E-state index contributed by atoms with van der Waals surface area (Å²) >= 11 is 1.79. The van der Waals surface area contributed by atoms with Crippen LogP contribution in [-0.4, -0.2) is 9.55 Å². The molecule has 16 heavy (non-hydrogen) atoms. The van der Waals surface area contributed by atoms with Crippen molar-refractivity contribution in [2.24, 2.45) is 0 Å². The molecule has 80 valence electrons. The highest BCUT2D eigenvalue weighted by Gasteiger charge is 2.06. The summed E-state index contributed by atoms with van der Waals surface area (Å²) in [6.45, 7) is 2.98. The van der Waals surface area contributed by atoms with Crippen molar-refractivity contribution in [1.29, 1.82) is 0 Å². The van der Waals surface area contributed by atoms with Crippen LogP contribution in [0.2, 0.25) is 0 Å². The van der Waals surface area contributed by atoms with Crippen LogP contribution in [0.4, 0.5) is 0 Å². The maximum absolute atomic E-state index is 4.56. The monoisotopic (exact) mass is 228 g/mol. The lowest BCUT2D eigenvalue weighted by Gasteiger charge is -2.04. The summed E-state index contributed by atoms with van der Waals surface area (Å²) in [7, 11) is 0. The molecule has 3 aromatic rings. The van der Waals surface area contributed by atoms with Crippen LogP contribution in [0.5, 0.6) is 0 Å². The molecule has 0 spiro atoms. The fourth-order valence-corrected chi connectivity index (χ4v) is 2.65. The number of imidazole rings is 1. The molecule has 0 bridgehead atoms. The van der Waals surface area contributed by atoms with Gasteiger partial charge in [-0.15, -0.1) is 11.3 Å². The molecule has 0 saturated heterocycles. The first-order valence-corrected chi connectivity index (χ1v) is 6.17. The van der Waals surface area contributed by atoms with Gasteiger partial charge in [-0.05, 0) is 30.5 Å². The molecule has 3 heteroatoms. The number of aryl methyl sites for hydroxylation is 1. The molecule has 0 unspecified atom stereocenters. The number of aromatic nitrogens is 2. The van der Waals surface area contributed by atoms with Gasteiger partial charge in [0.1, 0.15) is 5.82 Å². The summed E-state index contributed by atoms with van der Waals surface area (Å²) in [4.78, 5) is 5.93. The van der Waals surface area contributed by atoms with Crippen LogP contribution in [0.25, 0.3) is 11.0 Å². The lowest BCUT2D eigenvalue weighted by Crippen LogP contribution is -1.99. The van der Waals surface area contributed by atoms with Crippen molar-refractivity contribution in [2.45, 2.75) is 13.5 Å². The van der Waals surface area contributed by atoms with E-state index in [0.29, 0.717) is 0 Å². The number of hydrogen-bond acceptors (Lipinski definition) is 2. The van der Waals surface area contributed by atoms with Crippen molar-refractivity contribution < 1.29 is 0 Å². The molecule has 0 atom stereocenters. The first-order chi connectivity index (χ1) is 7.84. The Morgan fingerprint density at radius 2 is 2.06 bits per heavy atom. The van der Waals surface area contributed by atoms with Crippen molar-refractivity contribution in [3.8, 4) is 0 Å². The lowest BCUT2D eigenvalue weighted by molar-refractivity contribution is 0.797. The predicted molar refractivity (Wildman–Crippen MR) is 67.9 cm³/mol. The molecule has 2 heterocycles. The summed E-state index contributed by atoms with van der Waals surface area (Å²) in [6, 6.07) is 12.5. The van der Waals surface area contributed by atoms with Gasteiger partial charge in [0.05, 0.1) is 17.6 Å². The van der Waals surface area contributed by atoms with E-state index in [0.717, 1.165) is 17.9 Å². The number of nitrogens with zero attached hydrogens (tertiary/aromatic N) is 2. The van der Waals surface area contributed by atoms with Gasteiger partial charge in [0.15, 0.2) is 0 Å². The van der Waals surface area contributed by atoms with E-state index < -0.39 is 0 Å². The number of benzene rings is 1. The Labute approximate surface area is 98.2 Å². The van der Waals surface area contributed by atoms with Gasteiger partial charge in [0, 0.05) is 4.88 Å². The van der Waals surface area contributed by atoms with Gasteiger partial charge in [0.25, 0.3) is 0 Å². The van der Waals surface area contributed by atoms with E-state index in [1.54, 1.807) is 11.3 Å². The summed E-state index contributed by atoms with van der Waals surface area (Å²) in [5.41, 5.74) is 2.30. The first-order valence-electron chi connectivity index (χ1n) is 5.29. The normalized spacial score (nSPS) is 11.1. The van der Waals surface area contributed by atoms with Gasteiger partial charge in [-0.3, -0.25) is 0 Å². The van der Waals surface area contributed by atoms with Crippen LogP contribution in [-0.2, 0) is 6.54 Å². The minimum atomic E-state index is 0.921. The van der Waals surface area contributed by atoms with Crippen LogP contribution < -0.4 is 0 Å². The summed E-state index contributed by atoms with van der Waals surface area (Å²) in [6.07, 6.45) is 0. The molecule has 0 radical (unpaired) electrons. The minimum Gasteiger partial charge on any atom is -0.323 e. The Hall–Kier alpha value is -1.61. The van der Waals surface area contributed by atoms with Gasteiger partial charge in [-0.25, -0.2) is 4.98 Å². The number of fused-ring (bicyclic) bond motifs is 1. The average Bonchev–Trinajstić information content (AvgIpc) is 2.89. The van der Waals surface area contributed by atoms with E-state index in [2.05, 4.69) is 52.2 Å². The van der Waals surface area contributed by atoms with Gasteiger partial charge in [0.2, 0.25) is 0 Å². The van der Waals surface area contributed by atoms with Crippen molar-refractivity contribution in [1.82, 2.24) is 9.55 Å². The number of hydrogen-bond donors (Lipinski definition) is 0. The highest BCUT2D eigenvalue weighted by Crippen LogP contribution is 2.19. The molecule has 3 rings (SSSR count). The smallest absolute Gasteiger partial charge is 0.107 e. The molecule has 0 fully saturated rings. The van der Waals surface area contributed by atoms with E-state index in [4.69, 9.17) is 0 Å². The quantitative estimate of drug-likeness (QED) is 0.657. The predicted octanol–water partition coefficient (Wildman–Crippen LogP) is 3.45. The fourth-order valence-electron chi connectivity index (χ4n) is 1.95. The Morgan fingerprint density at radius 3 is 2.88 bits per heavy atom. The number of thiophene rings is 1. The van der Waals surface area contributed by atoms with E-state index in [-0.39, 0.29) is 0 Å². The van der Waals surface area contributed by atoms with E-state index in [9.17, 15) is 0 Å². The second kappa shape index (κ2) is 3.76. The lowest BCUT2D eigenvalue weighted by atomic mass is 10.3. The Balaban J connectivity index is 2.12. The van der Waals surface area contributed by atoms with Gasteiger partial charge in [-0.2, -0.15) is 0 Å². The van der Waals surface area contributed by atoms with Crippen molar-refractivity contribution in [2.75, 3.05) is 0 Å². The van der Waals surface area contributed by atoms with Crippen molar-refractivity contribution in [3.63, 3.8) is 0 Å². The fraction of sp³-hybridized carbons (Fsp3) is 0.154. The molecule has 0 saturated carbocycles. The third-order valence-electron chi connectivity index (χ3n) is 2.74. The zero-order valence-electron chi connectivity index (χ0n) is 9.05. The van der Waals surface area contributed by atoms with E-state index in [1.165, 1.54) is 10.4 Å². The van der Waals surface area contributed by atoms with Gasteiger partial charge < -0.3 is 4.57 Å². The van der Waals surface area contributed by atoms with E-state index >= 15 is 0 Å². The summed E-state index contributed by atoms with van der Waals surface area (Å²) in [5, 5.41) is 2.11. The number of rotatable bonds is 2. The molecule has 0 aliphatic carbocycles. The molecule has 1 aromatic carbocycles. The maximum atomic E-state index is 4.56. The zero-order valence-corrected chi connectivity index (χ0v) is 9.87. The van der Waals surface area contributed by atoms with Crippen LogP contribution in [0.15, 0.2) is 41.8 Å². The van der Waals surface area contributed by atoms with Crippen LogP contribution in [0, 0.1) is 6.92 Å². The second-order valence-electron chi connectivity index (χ2n) is 3.81. The summed E-state index contributed by atoms with van der Waals surface area (Å²) in [5.74, 6) is 1.08. The molecular weight excluding hydrogens is 216 g/mol. The Kier molecular flexibility index (Phi) is 2.26. The third kappa shape index (κ3) is 1.53. The van der Waals surface area contributed by atoms with Crippen LogP contribution in [0.3, 0.4) is 0 Å². The van der Waals surface area contributed by atoms with Crippen LogP contribution >= 0.6 is 11.3 Å². The zero-order chi connectivity index (χ0) is 11.0. The Morgan fingerprint density at radius 1 is 1.19 bits per heavy atom. The summed E-state index contributed by atoms with van der Waals surface area (Å²) < 4.78 is 2.27. The average molecular weight is 228 g/mol. The number of para-hydroxylation sites is 2. The molecular formula is C13H12N2S. The van der Waals surface area contributed by atoms with E-state index in [1.807, 2.05) is 6.07 Å². The molecule has 0 aliphatic heterocycles. The van der Waals surface area contributed by atoms with Crippen LogP contribution in [0.1, 0.15) is 10.7 Å². The molecule has 0 aliphatic rings. The third-order valence-corrected chi connectivity index (χ3v) is 3.60. The topological polar surface area (TPSA) is 17.8 Å². The standard InChI is InChI=1S/C13H12N2S/c1-10-14-12-6-2-3-7-13(12)15(10)9-11-5-4-8-16-11/h2-8H,9H2,1H3. The highest BCUT2D eigenvalue weighted by molar-refractivity contribution is 7.09. The SMILES string of the molecule is Cc1nc2ccccc2n1Cc1cccs1.